The van der Waals surface area contributed by atoms with Crippen molar-refractivity contribution >= 4 is 29.0 Å². The highest BCUT2D eigenvalue weighted by molar-refractivity contribution is 6.50. The van der Waals surface area contributed by atoms with Gasteiger partial charge in [-0.3, -0.25) is 14.4 Å². The van der Waals surface area contributed by atoms with E-state index < -0.39 is 23.1 Å². The molecule has 2 fully saturated rings. The second kappa shape index (κ2) is 7.31. The lowest BCUT2D eigenvalue weighted by Crippen LogP contribution is -2.53. The Hall–Kier alpha value is -3.45. The standard InChI is InChI=1S/C25H24N2O5/c1-15-9-11-16(12-10-15)21(28)20-22(29)23(30)27(14-17-6-5-13-32-17)25(20)18-7-3-4-8-19(18)26(2)24(25)31/h3-4,7-12,17,28H,5-6,13-14H2,1-2H3/b21-20-. The third kappa shape index (κ3) is 2.67. The minimum atomic E-state index is -1.72. The monoisotopic (exact) mass is 432 g/mol. The number of carbonyl (C=O) groups excluding carboxylic acids is 3. The summed E-state index contributed by atoms with van der Waals surface area (Å²) in [7, 11) is 1.62. The number of likely N-dealkylation sites (tertiary alicyclic amines) is 1. The lowest BCUT2D eigenvalue weighted by atomic mass is 9.81. The smallest absolute Gasteiger partial charge is 0.296 e. The first-order chi connectivity index (χ1) is 15.4. The molecule has 2 aromatic carbocycles. The van der Waals surface area contributed by atoms with E-state index >= 15 is 0 Å². The second-order valence-corrected chi connectivity index (χ2v) is 8.56. The average Bonchev–Trinajstić information content (AvgIpc) is 3.45. The summed E-state index contributed by atoms with van der Waals surface area (Å²) in [5.74, 6) is -2.45. The number of likely N-dealkylation sites (N-methyl/N-ethyl adjacent to an activating group) is 1. The number of amides is 2. The van der Waals surface area contributed by atoms with Gasteiger partial charge in [-0.25, -0.2) is 0 Å². The molecule has 2 aromatic rings. The number of aliphatic hydroxyl groups excluding tert-OH is 1. The molecule has 164 valence electrons. The number of anilines is 1. The quantitative estimate of drug-likeness (QED) is 0.458. The number of aliphatic hydroxyl groups is 1. The van der Waals surface area contributed by atoms with Crippen molar-refractivity contribution in [3.8, 4) is 0 Å². The Balaban J connectivity index is 1.79. The summed E-state index contributed by atoms with van der Waals surface area (Å²) in [6, 6.07) is 14.1. The number of para-hydroxylation sites is 1. The van der Waals surface area contributed by atoms with E-state index in [9.17, 15) is 19.5 Å². The molecule has 3 aliphatic rings. The van der Waals surface area contributed by atoms with E-state index in [2.05, 4.69) is 0 Å². The van der Waals surface area contributed by atoms with Crippen LogP contribution in [0.2, 0.25) is 0 Å². The Bertz CT molecular complexity index is 1160. The molecular formula is C25H24N2O5. The minimum Gasteiger partial charge on any atom is -0.507 e. The van der Waals surface area contributed by atoms with Crippen LogP contribution in [0.4, 0.5) is 5.69 Å². The molecule has 7 nitrogen and oxygen atoms in total. The minimum absolute atomic E-state index is 0.100. The molecule has 0 bridgehead atoms. The number of carbonyl (C=O) groups is 3. The van der Waals surface area contributed by atoms with Crippen LogP contribution in [-0.4, -0.2) is 53.9 Å². The normalized spacial score (nSPS) is 26.4. The van der Waals surface area contributed by atoms with Crippen LogP contribution in [-0.2, 0) is 24.7 Å². The SMILES string of the molecule is Cc1ccc(/C(O)=C2\C(=O)C(=O)N(CC3CCCO3)C23C(=O)N(C)c2ccccc23)cc1. The van der Waals surface area contributed by atoms with Crippen molar-refractivity contribution in [2.45, 2.75) is 31.4 Å². The van der Waals surface area contributed by atoms with Crippen LogP contribution in [0.3, 0.4) is 0 Å². The Morgan fingerprint density at radius 2 is 1.84 bits per heavy atom. The summed E-state index contributed by atoms with van der Waals surface area (Å²) < 4.78 is 5.74. The number of Topliss-reactive ketones (excluding diaryl/α,β-unsaturated/α-hetero) is 1. The van der Waals surface area contributed by atoms with Gasteiger partial charge in [-0.2, -0.15) is 0 Å². The molecule has 0 aromatic heterocycles. The number of hydrogen-bond acceptors (Lipinski definition) is 5. The van der Waals surface area contributed by atoms with Crippen molar-refractivity contribution in [3.63, 3.8) is 0 Å². The molecule has 1 spiro atoms. The van der Waals surface area contributed by atoms with Gasteiger partial charge < -0.3 is 19.6 Å². The zero-order valence-electron chi connectivity index (χ0n) is 18.0. The van der Waals surface area contributed by atoms with Crippen LogP contribution in [0.25, 0.3) is 5.76 Å². The van der Waals surface area contributed by atoms with Crippen molar-refractivity contribution in [3.05, 3.63) is 70.8 Å². The van der Waals surface area contributed by atoms with Crippen molar-refractivity contribution < 1.29 is 24.2 Å². The van der Waals surface area contributed by atoms with E-state index in [4.69, 9.17) is 4.74 Å². The highest BCUT2D eigenvalue weighted by Crippen LogP contribution is 2.53. The van der Waals surface area contributed by atoms with Crippen molar-refractivity contribution in [2.75, 3.05) is 25.1 Å². The first-order valence-electron chi connectivity index (χ1n) is 10.7. The summed E-state index contributed by atoms with van der Waals surface area (Å²) in [4.78, 5) is 43.3. The fourth-order valence-electron chi connectivity index (χ4n) is 5.07. The maximum absolute atomic E-state index is 13.9. The number of ether oxygens (including phenoxy) is 1. The van der Waals surface area contributed by atoms with E-state index in [1.807, 2.05) is 6.92 Å². The number of aryl methyl sites for hydroxylation is 1. The predicted octanol–water partition coefficient (Wildman–Crippen LogP) is 2.73. The van der Waals surface area contributed by atoms with E-state index in [0.29, 0.717) is 23.4 Å². The van der Waals surface area contributed by atoms with Gasteiger partial charge in [-0.15, -0.1) is 0 Å². The van der Waals surface area contributed by atoms with Crippen LogP contribution in [0.1, 0.15) is 29.5 Å². The summed E-state index contributed by atoms with van der Waals surface area (Å²) in [5, 5.41) is 11.3. The number of hydrogen-bond donors (Lipinski definition) is 1. The highest BCUT2D eigenvalue weighted by Gasteiger charge is 2.66. The maximum Gasteiger partial charge on any atom is 0.296 e. The molecule has 32 heavy (non-hydrogen) atoms. The Kier molecular flexibility index (Phi) is 4.67. The third-order valence-corrected chi connectivity index (χ3v) is 6.67. The molecule has 2 atom stereocenters. The third-order valence-electron chi connectivity index (χ3n) is 6.67. The molecule has 5 rings (SSSR count). The molecule has 1 N–H and O–H groups in total. The molecule has 0 aliphatic carbocycles. The van der Waals surface area contributed by atoms with Gasteiger partial charge in [-0.05, 0) is 25.8 Å². The molecule has 3 aliphatic heterocycles. The van der Waals surface area contributed by atoms with Crippen LogP contribution in [0, 0.1) is 6.92 Å². The van der Waals surface area contributed by atoms with Crippen LogP contribution in [0.15, 0.2) is 54.1 Å². The van der Waals surface area contributed by atoms with Gasteiger partial charge >= 0.3 is 0 Å². The van der Waals surface area contributed by atoms with Crippen molar-refractivity contribution in [2.24, 2.45) is 0 Å². The number of nitrogens with zero attached hydrogens (tertiary/aromatic N) is 2. The van der Waals surface area contributed by atoms with Gasteiger partial charge in [-0.1, -0.05) is 48.0 Å². The number of benzene rings is 2. The molecule has 7 heteroatoms. The van der Waals surface area contributed by atoms with Gasteiger partial charge in [0.05, 0.1) is 11.7 Å². The zero-order valence-corrected chi connectivity index (χ0v) is 18.0. The summed E-state index contributed by atoms with van der Waals surface area (Å²) in [6.45, 7) is 2.59. The summed E-state index contributed by atoms with van der Waals surface area (Å²) in [5.41, 5.74) is 0.568. The maximum atomic E-state index is 13.9. The number of fused-ring (bicyclic) bond motifs is 2. The van der Waals surface area contributed by atoms with E-state index in [1.54, 1.807) is 55.6 Å². The van der Waals surface area contributed by atoms with Crippen LogP contribution >= 0.6 is 0 Å². The fourth-order valence-corrected chi connectivity index (χ4v) is 5.07. The first-order valence-corrected chi connectivity index (χ1v) is 10.7. The van der Waals surface area contributed by atoms with Gasteiger partial charge in [0.15, 0.2) is 5.54 Å². The molecule has 2 saturated heterocycles. The van der Waals surface area contributed by atoms with E-state index in [0.717, 1.165) is 18.4 Å². The zero-order chi connectivity index (χ0) is 22.6. The highest BCUT2D eigenvalue weighted by atomic mass is 16.5. The van der Waals surface area contributed by atoms with Crippen molar-refractivity contribution in [1.29, 1.82) is 0 Å². The van der Waals surface area contributed by atoms with Gasteiger partial charge in [0.1, 0.15) is 5.76 Å². The number of rotatable bonds is 3. The van der Waals surface area contributed by atoms with Crippen LogP contribution < -0.4 is 4.90 Å². The van der Waals surface area contributed by atoms with Crippen molar-refractivity contribution in [1.82, 2.24) is 4.90 Å². The van der Waals surface area contributed by atoms with Gasteiger partial charge in [0, 0.05) is 37.0 Å². The first kappa shape index (κ1) is 20.5. The molecular weight excluding hydrogens is 408 g/mol. The lowest BCUT2D eigenvalue weighted by molar-refractivity contribution is -0.145. The molecule has 0 radical (unpaired) electrons. The second-order valence-electron chi connectivity index (χ2n) is 8.56. The van der Waals surface area contributed by atoms with Gasteiger partial charge in [0.25, 0.3) is 17.6 Å². The fraction of sp³-hybridized carbons (Fsp3) is 0.320. The predicted molar refractivity (Wildman–Crippen MR) is 118 cm³/mol. The summed E-state index contributed by atoms with van der Waals surface area (Å²) in [6.07, 6.45) is 1.33. The Morgan fingerprint density at radius 1 is 1.12 bits per heavy atom. The van der Waals surface area contributed by atoms with Crippen LogP contribution in [0.5, 0.6) is 0 Å². The van der Waals surface area contributed by atoms with E-state index in [1.165, 1.54) is 9.80 Å². The van der Waals surface area contributed by atoms with Gasteiger partial charge in [0.2, 0.25) is 0 Å². The Morgan fingerprint density at radius 3 is 2.53 bits per heavy atom. The average molecular weight is 432 g/mol. The summed E-state index contributed by atoms with van der Waals surface area (Å²) >= 11 is 0. The lowest BCUT2D eigenvalue weighted by Gasteiger charge is -2.35. The molecule has 2 amide bonds. The molecule has 0 saturated carbocycles. The Labute approximate surface area is 185 Å². The largest absolute Gasteiger partial charge is 0.507 e. The topological polar surface area (TPSA) is 87.1 Å². The number of ketones is 1. The molecule has 3 heterocycles. The molecule has 2 unspecified atom stereocenters. The van der Waals surface area contributed by atoms with E-state index in [-0.39, 0.29) is 24.0 Å².